The van der Waals surface area contributed by atoms with Crippen molar-refractivity contribution >= 4 is 17.5 Å². The Balaban J connectivity index is 1.62. The van der Waals surface area contributed by atoms with Gasteiger partial charge in [0.15, 0.2) is 5.82 Å². The standard InChI is InChI=1S/C15H20N6O3/c1-3-21-9-12(7-16-21)18-13(22)15(23)20-6-4-5-11(8-20)14-17-10(2)19-24-14/h7,9,11H,3-6,8H2,1-2H3,(H,18,22)/t11-/m1/s1. The predicted octanol–water partition coefficient (Wildman–Crippen LogP) is 0.939. The Kier molecular flexibility index (Phi) is 4.59. The number of rotatable bonds is 3. The molecule has 2 amide bonds. The predicted molar refractivity (Wildman–Crippen MR) is 84.1 cm³/mol. The molecule has 3 heterocycles. The zero-order valence-corrected chi connectivity index (χ0v) is 13.7. The molecule has 9 heteroatoms. The van der Waals surface area contributed by atoms with E-state index in [-0.39, 0.29) is 5.92 Å². The van der Waals surface area contributed by atoms with Crippen molar-refractivity contribution in [1.82, 2.24) is 24.8 Å². The quantitative estimate of drug-likeness (QED) is 0.838. The van der Waals surface area contributed by atoms with Crippen LogP contribution in [0, 0.1) is 6.92 Å². The zero-order chi connectivity index (χ0) is 17.1. The minimum Gasteiger partial charge on any atom is -0.339 e. The van der Waals surface area contributed by atoms with Gasteiger partial charge in [-0.05, 0) is 26.7 Å². The summed E-state index contributed by atoms with van der Waals surface area (Å²) in [6, 6.07) is 0. The maximum absolute atomic E-state index is 12.4. The van der Waals surface area contributed by atoms with Crippen molar-refractivity contribution in [2.75, 3.05) is 18.4 Å². The molecule has 1 N–H and O–H groups in total. The molecular weight excluding hydrogens is 312 g/mol. The van der Waals surface area contributed by atoms with Crippen molar-refractivity contribution in [2.45, 2.75) is 39.2 Å². The molecule has 0 aromatic carbocycles. The number of aromatic nitrogens is 4. The van der Waals surface area contributed by atoms with Crippen LogP contribution in [0.15, 0.2) is 16.9 Å². The molecule has 0 spiro atoms. The smallest absolute Gasteiger partial charge is 0.313 e. The second-order valence-electron chi connectivity index (χ2n) is 5.81. The molecule has 0 unspecified atom stereocenters. The second kappa shape index (κ2) is 6.81. The number of hydrogen-bond acceptors (Lipinski definition) is 6. The highest BCUT2D eigenvalue weighted by molar-refractivity contribution is 6.39. The first kappa shape index (κ1) is 16.2. The van der Waals surface area contributed by atoms with E-state index in [1.165, 1.54) is 11.1 Å². The summed E-state index contributed by atoms with van der Waals surface area (Å²) in [5, 5.41) is 10.4. The van der Waals surface area contributed by atoms with Gasteiger partial charge in [0.1, 0.15) is 0 Å². The van der Waals surface area contributed by atoms with Gasteiger partial charge in [-0.1, -0.05) is 5.16 Å². The highest BCUT2D eigenvalue weighted by Gasteiger charge is 2.31. The van der Waals surface area contributed by atoms with Crippen LogP contribution in [-0.4, -0.2) is 49.7 Å². The largest absolute Gasteiger partial charge is 0.339 e. The van der Waals surface area contributed by atoms with Crippen LogP contribution in [0.3, 0.4) is 0 Å². The van der Waals surface area contributed by atoms with Gasteiger partial charge in [0.2, 0.25) is 5.89 Å². The molecule has 0 bridgehead atoms. The van der Waals surface area contributed by atoms with Crippen molar-refractivity contribution in [3.63, 3.8) is 0 Å². The summed E-state index contributed by atoms with van der Waals surface area (Å²) < 4.78 is 6.87. The van der Waals surface area contributed by atoms with Gasteiger partial charge in [-0.25, -0.2) is 0 Å². The monoisotopic (exact) mass is 332 g/mol. The van der Waals surface area contributed by atoms with Crippen LogP contribution in [0.25, 0.3) is 0 Å². The molecule has 128 valence electrons. The van der Waals surface area contributed by atoms with Crippen LogP contribution in [0.4, 0.5) is 5.69 Å². The lowest BCUT2D eigenvalue weighted by Gasteiger charge is -2.30. The molecule has 1 aliphatic heterocycles. The molecule has 0 saturated carbocycles. The number of nitrogens with one attached hydrogen (secondary N) is 1. The SMILES string of the molecule is CCn1cc(NC(=O)C(=O)N2CCC[C@@H](c3nc(C)no3)C2)cn1. The van der Waals surface area contributed by atoms with Gasteiger partial charge in [-0.15, -0.1) is 0 Å². The number of nitrogens with zero attached hydrogens (tertiary/aromatic N) is 5. The van der Waals surface area contributed by atoms with Crippen molar-refractivity contribution in [3.05, 3.63) is 24.1 Å². The number of carbonyl (C=O) groups excluding carboxylic acids is 2. The Bertz CT molecular complexity index is 737. The Morgan fingerprint density at radius 3 is 2.96 bits per heavy atom. The Morgan fingerprint density at radius 2 is 2.29 bits per heavy atom. The summed E-state index contributed by atoms with van der Waals surface area (Å²) in [5.41, 5.74) is 0.510. The number of anilines is 1. The number of piperidine rings is 1. The number of amides is 2. The Labute approximate surface area is 139 Å². The first-order chi connectivity index (χ1) is 11.6. The van der Waals surface area contributed by atoms with Gasteiger partial charge in [-0.3, -0.25) is 14.3 Å². The molecule has 24 heavy (non-hydrogen) atoms. The fourth-order valence-electron chi connectivity index (χ4n) is 2.77. The Morgan fingerprint density at radius 1 is 1.46 bits per heavy atom. The maximum atomic E-state index is 12.4. The maximum Gasteiger partial charge on any atom is 0.313 e. The van der Waals surface area contributed by atoms with Crippen molar-refractivity contribution in [2.24, 2.45) is 0 Å². The van der Waals surface area contributed by atoms with E-state index in [0.717, 1.165) is 12.8 Å². The van der Waals surface area contributed by atoms with Gasteiger partial charge >= 0.3 is 11.8 Å². The van der Waals surface area contributed by atoms with E-state index >= 15 is 0 Å². The third-order valence-electron chi connectivity index (χ3n) is 4.01. The summed E-state index contributed by atoms with van der Waals surface area (Å²) in [5.74, 6) is -0.151. The van der Waals surface area contributed by atoms with E-state index in [9.17, 15) is 9.59 Å². The van der Waals surface area contributed by atoms with Crippen molar-refractivity contribution < 1.29 is 14.1 Å². The lowest BCUT2D eigenvalue weighted by Crippen LogP contribution is -2.44. The summed E-state index contributed by atoms with van der Waals surface area (Å²) in [7, 11) is 0. The molecule has 3 rings (SSSR count). The van der Waals surface area contributed by atoms with E-state index in [4.69, 9.17) is 4.52 Å². The molecule has 1 fully saturated rings. The number of aryl methyl sites for hydroxylation is 2. The van der Waals surface area contributed by atoms with E-state index in [2.05, 4.69) is 20.6 Å². The molecule has 0 aliphatic carbocycles. The molecule has 1 saturated heterocycles. The van der Waals surface area contributed by atoms with Gasteiger partial charge in [0.05, 0.1) is 17.8 Å². The molecule has 2 aromatic rings. The lowest BCUT2D eigenvalue weighted by molar-refractivity contribution is -0.144. The highest BCUT2D eigenvalue weighted by Crippen LogP contribution is 2.25. The third-order valence-corrected chi connectivity index (χ3v) is 4.01. The molecule has 9 nitrogen and oxygen atoms in total. The van der Waals surface area contributed by atoms with Gasteiger partial charge in [-0.2, -0.15) is 10.1 Å². The number of hydrogen-bond donors (Lipinski definition) is 1. The highest BCUT2D eigenvalue weighted by atomic mass is 16.5. The van der Waals surface area contributed by atoms with Crippen LogP contribution in [0.5, 0.6) is 0 Å². The van der Waals surface area contributed by atoms with E-state index in [0.29, 0.717) is 37.0 Å². The van der Waals surface area contributed by atoms with Crippen molar-refractivity contribution in [3.8, 4) is 0 Å². The lowest BCUT2D eigenvalue weighted by atomic mass is 9.98. The fraction of sp³-hybridized carbons (Fsp3) is 0.533. The summed E-state index contributed by atoms with van der Waals surface area (Å²) in [4.78, 5) is 30.3. The van der Waals surface area contributed by atoms with Crippen LogP contribution in [0.1, 0.15) is 37.4 Å². The molecule has 0 radical (unpaired) electrons. The minimum absolute atomic E-state index is 0.0282. The summed E-state index contributed by atoms with van der Waals surface area (Å²) >= 11 is 0. The first-order valence-corrected chi connectivity index (χ1v) is 7.99. The normalized spacial score (nSPS) is 17.8. The van der Waals surface area contributed by atoms with Gasteiger partial charge in [0.25, 0.3) is 0 Å². The summed E-state index contributed by atoms with van der Waals surface area (Å²) in [6.07, 6.45) is 4.86. The van der Waals surface area contributed by atoms with E-state index in [1.807, 2.05) is 6.92 Å². The average molecular weight is 332 g/mol. The molecule has 1 aliphatic rings. The zero-order valence-electron chi connectivity index (χ0n) is 13.7. The number of likely N-dealkylation sites (tertiary alicyclic amines) is 1. The summed E-state index contributed by atoms with van der Waals surface area (Å²) in [6.45, 7) is 5.34. The van der Waals surface area contributed by atoms with Crippen LogP contribution < -0.4 is 5.32 Å². The van der Waals surface area contributed by atoms with Crippen LogP contribution in [-0.2, 0) is 16.1 Å². The Hall–Kier alpha value is -2.71. The second-order valence-corrected chi connectivity index (χ2v) is 5.81. The van der Waals surface area contributed by atoms with Gasteiger partial charge in [0, 0.05) is 25.8 Å². The van der Waals surface area contributed by atoms with Crippen molar-refractivity contribution in [1.29, 1.82) is 0 Å². The first-order valence-electron chi connectivity index (χ1n) is 7.99. The van der Waals surface area contributed by atoms with Crippen LogP contribution in [0.2, 0.25) is 0 Å². The molecular formula is C15H20N6O3. The average Bonchev–Trinajstić information content (AvgIpc) is 3.23. The van der Waals surface area contributed by atoms with E-state index in [1.54, 1.807) is 17.8 Å². The topological polar surface area (TPSA) is 106 Å². The number of carbonyl (C=O) groups is 2. The van der Waals surface area contributed by atoms with Gasteiger partial charge < -0.3 is 14.7 Å². The van der Waals surface area contributed by atoms with E-state index < -0.39 is 11.8 Å². The van der Waals surface area contributed by atoms with Crippen LogP contribution >= 0.6 is 0 Å². The molecule has 1 atom stereocenters. The third kappa shape index (κ3) is 3.44. The molecule has 2 aromatic heterocycles. The fourth-order valence-corrected chi connectivity index (χ4v) is 2.77. The minimum atomic E-state index is -0.659.